The van der Waals surface area contributed by atoms with Crippen LogP contribution in [0.2, 0.25) is 5.15 Å². The third-order valence-electron chi connectivity index (χ3n) is 0.540. The summed E-state index contributed by atoms with van der Waals surface area (Å²) in [4.78, 5) is 0. The maximum Gasteiger partial charge on any atom is 0.151 e. The fourth-order valence-electron chi connectivity index (χ4n) is 0.283. The second-order valence-corrected chi connectivity index (χ2v) is 1.43. The second kappa shape index (κ2) is 3.35. The predicted molar refractivity (Wildman–Crippen MR) is 32.1 cm³/mol. The molecule has 3 N–H and O–H groups in total. The highest BCUT2D eigenvalue weighted by Crippen LogP contribution is 1.96. The maximum absolute atomic E-state index is 5.37. The van der Waals surface area contributed by atoms with Gasteiger partial charge in [-0.1, -0.05) is 11.6 Å². The van der Waals surface area contributed by atoms with Crippen molar-refractivity contribution in [2.24, 2.45) is 0 Å². The van der Waals surface area contributed by atoms with E-state index in [1.807, 2.05) is 0 Å². The monoisotopic (exact) mass is 131 g/mol. The molecule has 4 heteroatoms. The lowest BCUT2D eigenvalue weighted by molar-refractivity contribution is 1.03. The molecular formula is C4H6ClN3. The van der Waals surface area contributed by atoms with E-state index in [9.17, 15) is 0 Å². The van der Waals surface area contributed by atoms with Crippen molar-refractivity contribution >= 4 is 11.6 Å². The fourth-order valence-corrected chi connectivity index (χ4v) is 0.399. The molecule has 3 nitrogen and oxygen atoms in total. The predicted octanol–water partition coefficient (Wildman–Crippen LogP) is 1.29. The zero-order valence-corrected chi connectivity index (χ0v) is 4.97. The molecule has 0 saturated heterocycles. The minimum atomic E-state index is 0. The van der Waals surface area contributed by atoms with Gasteiger partial charge in [0.15, 0.2) is 5.15 Å². The lowest BCUT2D eigenvalue weighted by Crippen LogP contribution is -1.74. The molecule has 0 aliphatic heterocycles. The van der Waals surface area contributed by atoms with Crippen LogP contribution in [0.4, 0.5) is 0 Å². The van der Waals surface area contributed by atoms with Crippen LogP contribution in [-0.2, 0) is 0 Å². The Bertz CT molecular complexity index is 141. The van der Waals surface area contributed by atoms with Crippen LogP contribution < -0.4 is 6.15 Å². The van der Waals surface area contributed by atoms with Gasteiger partial charge < -0.3 is 6.15 Å². The molecule has 44 valence electrons. The zero-order chi connectivity index (χ0) is 5.11. The van der Waals surface area contributed by atoms with E-state index < -0.39 is 0 Å². The minimum Gasteiger partial charge on any atom is -0.344 e. The number of nitrogens with zero attached hydrogens (tertiary/aromatic N) is 2. The lowest BCUT2D eigenvalue weighted by atomic mass is 10.6. The third-order valence-corrected chi connectivity index (χ3v) is 0.741. The van der Waals surface area contributed by atoms with Gasteiger partial charge >= 0.3 is 0 Å². The Kier molecular flexibility index (Phi) is 3.07. The normalized spacial score (nSPS) is 7.62. The Morgan fingerprint density at radius 3 is 2.50 bits per heavy atom. The summed E-state index contributed by atoms with van der Waals surface area (Å²) in [7, 11) is 0. The summed E-state index contributed by atoms with van der Waals surface area (Å²) < 4.78 is 0. The first kappa shape index (κ1) is 7.33. The molecule has 1 rings (SSSR count). The van der Waals surface area contributed by atoms with Crippen molar-refractivity contribution < 1.29 is 0 Å². The average molecular weight is 132 g/mol. The highest BCUT2D eigenvalue weighted by atomic mass is 35.5. The molecule has 0 aliphatic rings. The van der Waals surface area contributed by atoms with Crippen LogP contribution in [0.5, 0.6) is 0 Å². The minimum absolute atomic E-state index is 0. The summed E-state index contributed by atoms with van der Waals surface area (Å²) in [5, 5.41) is 7.43. The van der Waals surface area contributed by atoms with E-state index in [0.717, 1.165) is 0 Å². The van der Waals surface area contributed by atoms with Crippen molar-refractivity contribution in [2.45, 2.75) is 0 Å². The summed E-state index contributed by atoms with van der Waals surface area (Å²) in [5.74, 6) is 0. The summed E-state index contributed by atoms with van der Waals surface area (Å²) in [6, 6.07) is 3.41. The molecule has 0 bridgehead atoms. The van der Waals surface area contributed by atoms with Gasteiger partial charge in [-0.3, -0.25) is 0 Å². The molecule has 0 aliphatic carbocycles. The van der Waals surface area contributed by atoms with E-state index in [0.29, 0.717) is 5.15 Å². The van der Waals surface area contributed by atoms with Crippen LogP contribution >= 0.6 is 11.6 Å². The van der Waals surface area contributed by atoms with Gasteiger partial charge in [-0.2, -0.15) is 5.10 Å². The molecule has 0 aromatic carbocycles. The van der Waals surface area contributed by atoms with Gasteiger partial charge in [-0.15, -0.1) is 5.10 Å². The summed E-state index contributed by atoms with van der Waals surface area (Å²) in [6.07, 6.45) is 1.58. The highest BCUT2D eigenvalue weighted by molar-refractivity contribution is 6.29. The van der Waals surface area contributed by atoms with E-state index >= 15 is 0 Å². The van der Waals surface area contributed by atoms with Crippen molar-refractivity contribution in [1.29, 1.82) is 0 Å². The Balaban J connectivity index is 0.000000490. The van der Waals surface area contributed by atoms with Crippen molar-refractivity contribution in [3.8, 4) is 0 Å². The molecule has 8 heavy (non-hydrogen) atoms. The maximum atomic E-state index is 5.37. The first-order valence-electron chi connectivity index (χ1n) is 1.83. The number of halogens is 1. The van der Waals surface area contributed by atoms with Crippen LogP contribution in [0, 0.1) is 0 Å². The van der Waals surface area contributed by atoms with E-state index in [2.05, 4.69) is 10.2 Å². The molecule has 0 amide bonds. The van der Waals surface area contributed by atoms with Gasteiger partial charge in [0.2, 0.25) is 0 Å². The molecule has 0 atom stereocenters. The topological polar surface area (TPSA) is 60.8 Å². The molecular weight excluding hydrogens is 126 g/mol. The lowest BCUT2D eigenvalue weighted by Gasteiger charge is -1.78. The van der Waals surface area contributed by atoms with Gasteiger partial charge in [0.1, 0.15) is 0 Å². The van der Waals surface area contributed by atoms with Crippen molar-refractivity contribution in [1.82, 2.24) is 16.3 Å². The Morgan fingerprint density at radius 2 is 2.25 bits per heavy atom. The zero-order valence-electron chi connectivity index (χ0n) is 4.21. The fraction of sp³-hybridized carbons (Fsp3) is 0. The number of rotatable bonds is 0. The van der Waals surface area contributed by atoms with Crippen LogP contribution in [-0.4, -0.2) is 10.2 Å². The first-order valence-corrected chi connectivity index (χ1v) is 2.20. The second-order valence-electron chi connectivity index (χ2n) is 1.05. The van der Waals surface area contributed by atoms with Crippen molar-refractivity contribution in [2.75, 3.05) is 0 Å². The van der Waals surface area contributed by atoms with Crippen LogP contribution in [0.15, 0.2) is 18.3 Å². The first-order chi connectivity index (χ1) is 3.39. The standard InChI is InChI=1S/C4H3ClN2.H3N/c5-4-2-1-3-6-7-4;/h1-3H;1H3. The van der Waals surface area contributed by atoms with E-state index in [1.165, 1.54) is 0 Å². The summed E-state index contributed by atoms with van der Waals surface area (Å²) in [6.45, 7) is 0. The molecule has 1 heterocycles. The van der Waals surface area contributed by atoms with Crippen LogP contribution in [0.3, 0.4) is 0 Å². The van der Waals surface area contributed by atoms with Gasteiger partial charge in [0, 0.05) is 6.20 Å². The van der Waals surface area contributed by atoms with Gasteiger partial charge in [0.05, 0.1) is 0 Å². The molecule has 1 aromatic heterocycles. The van der Waals surface area contributed by atoms with E-state index in [1.54, 1.807) is 18.3 Å². The number of hydrogen-bond donors (Lipinski definition) is 1. The average Bonchev–Trinajstić information content (AvgIpc) is 1.69. The smallest absolute Gasteiger partial charge is 0.151 e. The molecule has 0 spiro atoms. The molecule has 0 fully saturated rings. The molecule has 0 unspecified atom stereocenters. The molecule has 1 aromatic rings. The summed E-state index contributed by atoms with van der Waals surface area (Å²) >= 11 is 5.37. The molecule has 0 radical (unpaired) electrons. The van der Waals surface area contributed by atoms with E-state index in [4.69, 9.17) is 11.6 Å². The largest absolute Gasteiger partial charge is 0.344 e. The van der Waals surface area contributed by atoms with Crippen LogP contribution in [0.25, 0.3) is 0 Å². The third kappa shape index (κ3) is 1.86. The van der Waals surface area contributed by atoms with Crippen molar-refractivity contribution in [3.63, 3.8) is 0 Å². The molecule has 0 saturated carbocycles. The SMILES string of the molecule is Clc1cccnn1.N. The Morgan fingerprint density at radius 1 is 1.50 bits per heavy atom. The number of hydrogen-bond acceptors (Lipinski definition) is 3. The summed E-state index contributed by atoms with van der Waals surface area (Å²) in [5.41, 5.74) is 0. The van der Waals surface area contributed by atoms with Gasteiger partial charge in [-0.25, -0.2) is 0 Å². The quantitative estimate of drug-likeness (QED) is 0.577. The van der Waals surface area contributed by atoms with Crippen LogP contribution in [0.1, 0.15) is 0 Å². The Hall–Kier alpha value is -0.670. The van der Waals surface area contributed by atoms with E-state index in [-0.39, 0.29) is 6.15 Å². The number of aromatic nitrogens is 2. The highest BCUT2D eigenvalue weighted by Gasteiger charge is 1.78. The van der Waals surface area contributed by atoms with Gasteiger partial charge in [0.25, 0.3) is 0 Å². The van der Waals surface area contributed by atoms with Gasteiger partial charge in [-0.05, 0) is 12.1 Å². The van der Waals surface area contributed by atoms with Crippen molar-refractivity contribution in [3.05, 3.63) is 23.5 Å². The Labute approximate surface area is 52.3 Å².